The van der Waals surface area contributed by atoms with Gasteiger partial charge in [0.05, 0.1) is 11.1 Å². The van der Waals surface area contributed by atoms with Crippen molar-refractivity contribution in [3.05, 3.63) is 6.20 Å². The molecule has 0 spiro atoms. The van der Waals surface area contributed by atoms with E-state index in [1.807, 2.05) is 0 Å². The molecule has 0 atom stereocenters. The SMILES string of the molecule is Cn1ncc(S)c1N. The first-order valence-electron chi connectivity index (χ1n) is 2.18. The summed E-state index contributed by atoms with van der Waals surface area (Å²) in [6.45, 7) is 0. The molecule has 2 N–H and O–H groups in total. The number of hydrogen-bond acceptors (Lipinski definition) is 3. The molecule has 3 nitrogen and oxygen atoms in total. The van der Waals surface area contributed by atoms with Crippen LogP contribution in [-0.4, -0.2) is 9.78 Å². The molecule has 0 unspecified atom stereocenters. The standard InChI is InChI=1S/C4H7N3S/c1-7-4(5)3(8)2-6-7/h2,8H,5H2,1H3. The van der Waals surface area contributed by atoms with Gasteiger partial charge < -0.3 is 5.73 Å². The summed E-state index contributed by atoms with van der Waals surface area (Å²) < 4.78 is 1.57. The summed E-state index contributed by atoms with van der Waals surface area (Å²) in [4.78, 5) is 0.729. The molecule has 1 rings (SSSR count). The number of aromatic nitrogens is 2. The zero-order valence-electron chi connectivity index (χ0n) is 4.50. The van der Waals surface area contributed by atoms with Crippen LogP contribution < -0.4 is 5.73 Å². The molecule has 0 amide bonds. The fraction of sp³-hybridized carbons (Fsp3) is 0.250. The average molecular weight is 129 g/mol. The van der Waals surface area contributed by atoms with Gasteiger partial charge in [-0.25, -0.2) is 0 Å². The fourth-order valence-corrected chi connectivity index (χ4v) is 0.632. The van der Waals surface area contributed by atoms with Crippen molar-refractivity contribution in [1.82, 2.24) is 9.78 Å². The molecule has 1 aromatic heterocycles. The highest BCUT2D eigenvalue weighted by molar-refractivity contribution is 7.80. The van der Waals surface area contributed by atoms with Crippen LogP contribution in [0.15, 0.2) is 11.1 Å². The smallest absolute Gasteiger partial charge is 0.134 e. The lowest BCUT2D eigenvalue weighted by Crippen LogP contribution is -1.96. The van der Waals surface area contributed by atoms with E-state index in [0.717, 1.165) is 4.90 Å². The first-order chi connectivity index (χ1) is 3.72. The van der Waals surface area contributed by atoms with Crippen molar-refractivity contribution in [2.45, 2.75) is 4.90 Å². The van der Waals surface area contributed by atoms with Crippen molar-refractivity contribution in [3.63, 3.8) is 0 Å². The zero-order valence-corrected chi connectivity index (χ0v) is 5.39. The third kappa shape index (κ3) is 0.667. The molecule has 0 fully saturated rings. The lowest BCUT2D eigenvalue weighted by molar-refractivity contribution is 0.778. The van der Waals surface area contributed by atoms with Crippen molar-refractivity contribution < 1.29 is 0 Å². The molecule has 8 heavy (non-hydrogen) atoms. The topological polar surface area (TPSA) is 43.8 Å². The minimum Gasteiger partial charge on any atom is -0.383 e. The van der Waals surface area contributed by atoms with Crippen LogP contribution in [0.1, 0.15) is 0 Å². The predicted molar refractivity (Wildman–Crippen MR) is 34.9 cm³/mol. The van der Waals surface area contributed by atoms with E-state index in [1.165, 1.54) is 0 Å². The fourth-order valence-electron chi connectivity index (χ4n) is 0.435. The van der Waals surface area contributed by atoms with Gasteiger partial charge in [0.2, 0.25) is 0 Å². The molecule has 0 aromatic carbocycles. The average Bonchev–Trinajstić information content (AvgIpc) is 1.98. The van der Waals surface area contributed by atoms with Crippen molar-refractivity contribution >= 4 is 18.4 Å². The van der Waals surface area contributed by atoms with Gasteiger partial charge in [0.1, 0.15) is 5.82 Å². The largest absolute Gasteiger partial charge is 0.383 e. The number of thiol groups is 1. The number of aryl methyl sites for hydroxylation is 1. The summed E-state index contributed by atoms with van der Waals surface area (Å²) in [6.07, 6.45) is 1.61. The van der Waals surface area contributed by atoms with Crippen LogP contribution in [-0.2, 0) is 7.05 Å². The number of rotatable bonds is 0. The Kier molecular flexibility index (Phi) is 1.17. The van der Waals surface area contributed by atoms with Gasteiger partial charge in [-0.3, -0.25) is 4.68 Å². The van der Waals surface area contributed by atoms with Gasteiger partial charge in [-0.1, -0.05) is 0 Å². The third-order valence-corrected chi connectivity index (χ3v) is 1.31. The second kappa shape index (κ2) is 1.70. The quantitative estimate of drug-likeness (QED) is 0.494. The molecule has 0 saturated heterocycles. The Hall–Kier alpha value is -0.640. The molecular formula is C4H7N3S. The maximum absolute atomic E-state index is 5.43. The molecule has 0 bridgehead atoms. The Balaban J connectivity index is 3.19. The zero-order chi connectivity index (χ0) is 6.15. The van der Waals surface area contributed by atoms with Crippen LogP contribution in [0.3, 0.4) is 0 Å². The summed E-state index contributed by atoms with van der Waals surface area (Å²) >= 11 is 4.01. The molecule has 0 aliphatic rings. The second-order valence-corrected chi connectivity index (χ2v) is 2.02. The van der Waals surface area contributed by atoms with Crippen LogP contribution in [0, 0.1) is 0 Å². The van der Waals surface area contributed by atoms with Crippen molar-refractivity contribution in [3.8, 4) is 0 Å². The highest BCUT2D eigenvalue weighted by Crippen LogP contribution is 2.12. The van der Waals surface area contributed by atoms with Gasteiger partial charge in [-0.2, -0.15) is 5.10 Å². The van der Waals surface area contributed by atoms with E-state index in [-0.39, 0.29) is 0 Å². The van der Waals surface area contributed by atoms with Crippen LogP contribution in [0.5, 0.6) is 0 Å². The van der Waals surface area contributed by atoms with Crippen LogP contribution in [0.2, 0.25) is 0 Å². The highest BCUT2D eigenvalue weighted by Gasteiger charge is 1.95. The van der Waals surface area contributed by atoms with Gasteiger partial charge in [0.15, 0.2) is 0 Å². The van der Waals surface area contributed by atoms with E-state index in [1.54, 1.807) is 17.9 Å². The number of nitrogens with zero attached hydrogens (tertiary/aromatic N) is 2. The minimum absolute atomic E-state index is 0.605. The minimum atomic E-state index is 0.605. The van der Waals surface area contributed by atoms with E-state index in [9.17, 15) is 0 Å². The summed E-state index contributed by atoms with van der Waals surface area (Å²) in [6, 6.07) is 0. The molecule has 0 saturated carbocycles. The van der Waals surface area contributed by atoms with Crippen molar-refractivity contribution in [2.75, 3.05) is 5.73 Å². The summed E-state index contributed by atoms with van der Waals surface area (Å²) in [5.41, 5.74) is 5.43. The molecule has 1 aromatic rings. The van der Waals surface area contributed by atoms with E-state index in [4.69, 9.17) is 5.73 Å². The van der Waals surface area contributed by atoms with E-state index in [0.29, 0.717) is 5.82 Å². The monoisotopic (exact) mass is 129 g/mol. The third-order valence-electron chi connectivity index (χ3n) is 0.964. The summed E-state index contributed by atoms with van der Waals surface area (Å²) in [5.74, 6) is 0.605. The summed E-state index contributed by atoms with van der Waals surface area (Å²) in [5, 5.41) is 3.83. The molecule has 44 valence electrons. The van der Waals surface area contributed by atoms with Crippen molar-refractivity contribution in [2.24, 2.45) is 7.05 Å². The lowest BCUT2D eigenvalue weighted by Gasteiger charge is -1.90. The molecular weight excluding hydrogens is 122 g/mol. The molecule has 0 radical (unpaired) electrons. The van der Waals surface area contributed by atoms with E-state index < -0.39 is 0 Å². The first-order valence-corrected chi connectivity index (χ1v) is 2.63. The Morgan fingerprint density at radius 1 is 1.88 bits per heavy atom. The predicted octanol–water partition coefficient (Wildman–Crippen LogP) is 0.291. The Morgan fingerprint density at radius 2 is 2.50 bits per heavy atom. The highest BCUT2D eigenvalue weighted by atomic mass is 32.1. The molecule has 0 aliphatic heterocycles. The number of nitrogens with two attached hydrogens (primary N) is 1. The molecule has 4 heteroatoms. The second-order valence-electron chi connectivity index (χ2n) is 1.54. The molecule has 0 aliphatic carbocycles. The van der Waals surface area contributed by atoms with Gasteiger partial charge in [0, 0.05) is 7.05 Å². The van der Waals surface area contributed by atoms with Gasteiger partial charge >= 0.3 is 0 Å². The van der Waals surface area contributed by atoms with Gasteiger partial charge in [0.25, 0.3) is 0 Å². The first kappa shape index (κ1) is 5.50. The summed E-state index contributed by atoms with van der Waals surface area (Å²) in [7, 11) is 1.77. The Labute approximate surface area is 52.9 Å². The molecule has 1 heterocycles. The Bertz CT molecular complexity index is 174. The van der Waals surface area contributed by atoms with Crippen LogP contribution in [0.25, 0.3) is 0 Å². The lowest BCUT2D eigenvalue weighted by atomic mass is 10.6. The maximum Gasteiger partial charge on any atom is 0.134 e. The van der Waals surface area contributed by atoms with Crippen molar-refractivity contribution in [1.29, 1.82) is 0 Å². The van der Waals surface area contributed by atoms with Gasteiger partial charge in [-0.05, 0) is 0 Å². The number of nitrogen functional groups attached to an aromatic ring is 1. The normalized spacial score (nSPS) is 9.75. The van der Waals surface area contributed by atoms with E-state index >= 15 is 0 Å². The van der Waals surface area contributed by atoms with Gasteiger partial charge in [-0.15, -0.1) is 12.6 Å². The number of hydrogen-bond donors (Lipinski definition) is 2. The van der Waals surface area contributed by atoms with E-state index in [2.05, 4.69) is 17.7 Å². The van der Waals surface area contributed by atoms with Crippen LogP contribution >= 0.6 is 12.6 Å². The van der Waals surface area contributed by atoms with Crippen LogP contribution in [0.4, 0.5) is 5.82 Å². The Morgan fingerprint density at radius 3 is 2.62 bits per heavy atom. The number of anilines is 1. The maximum atomic E-state index is 5.43.